The third kappa shape index (κ3) is 6.32. The third-order valence-electron chi connectivity index (χ3n) is 3.66. The minimum absolute atomic E-state index is 0.166. The van der Waals surface area contributed by atoms with Crippen LogP contribution in [0.5, 0.6) is 5.75 Å². The van der Waals surface area contributed by atoms with Crippen molar-refractivity contribution in [2.75, 3.05) is 11.9 Å². The Balaban J connectivity index is 1.83. The average Bonchev–Trinajstić information content (AvgIpc) is 2.65. The molecule has 2 aromatic rings. The van der Waals surface area contributed by atoms with Crippen LogP contribution in [0.1, 0.15) is 18.1 Å². The summed E-state index contributed by atoms with van der Waals surface area (Å²) in [6.07, 6.45) is -4.13. The first-order chi connectivity index (χ1) is 12.8. The number of ether oxygens (including phenoxy) is 1. The number of alkyl halides is 3. The van der Waals surface area contributed by atoms with Crippen molar-refractivity contribution >= 4 is 17.5 Å². The lowest BCUT2D eigenvalue weighted by molar-refractivity contribution is -0.173. The maximum Gasteiger partial charge on any atom is 0.471 e. The van der Waals surface area contributed by atoms with Gasteiger partial charge in [-0.3, -0.25) is 9.59 Å². The summed E-state index contributed by atoms with van der Waals surface area (Å²) in [4.78, 5) is 22.8. The Bertz CT molecular complexity index is 790. The van der Waals surface area contributed by atoms with Crippen LogP contribution < -0.4 is 15.4 Å². The van der Waals surface area contributed by atoms with Crippen LogP contribution >= 0.6 is 0 Å². The normalized spacial score (nSPS) is 11.0. The molecule has 0 fully saturated rings. The molecular formula is C19H19F3N2O3. The Hall–Kier alpha value is -3.03. The average molecular weight is 380 g/mol. The van der Waals surface area contributed by atoms with E-state index in [0.29, 0.717) is 17.0 Å². The molecule has 0 saturated heterocycles. The van der Waals surface area contributed by atoms with Crippen LogP contribution in [-0.4, -0.2) is 24.6 Å². The molecule has 144 valence electrons. The first-order valence-corrected chi connectivity index (χ1v) is 8.24. The third-order valence-corrected chi connectivity index (χ3v) is 3.66. The number of amides is 2. The molecule has 0 spiro atoms. The minimum Gasteiger partial charge on any atom is -0.483 e. The van der Waals surface area contributed by atoms with E-state index in [9.17, 15) is 22.8 Å². The van der Waals surface area contributed by atoms with Gasteiger partial charge in [0.25, 0.3) is 5.91 Å². The second-order valence-electron chi connectivity index (χ2n) is 5.68. The van der Waals surface area contributed by atoms with Gasteiger partial charge in [0.05, 0.1) is 0 Å². The topological polar surface area (TPSA) is 67.4 Å². The Morgan fingerprint density at radius 2 is 1.70 bits per heavy atom. The van der Waals surface area contributed by atoms with Crippen LogP contribution in [0.15, 0.2) is 48.5 Å². The van der Waals surface area contributed by atoms with E-state index in [1.807, 2.05) is 25.1 Å². The number of anilines is 1. The molecule has 0 unspecified atom stereocenters. The van der Waals surface area contributed by atoms with Gasteiger partial charge in [0.2, 0.25) is 0 Å². The van der Waals surface area contributed by atoms with Crippen LogP contribution in [0.25, 0.3) is 0 Å². The number of para-hydroxylation sites is 1. The lowest BCUT2D eigenvalue weighted by Gasteiger charge is -2.11. The summed E-state index contributed by atoms with van der Waals surface area (Å²) in [5.41, 5.74) is 1.94. The molecule has 2 aromatic carbocycles. The molecule has 8 heteroatoms. The lowest BCUT2D eigenvalue weighted by atomic mass is 10.1. The van der Waals surface area contributed by atoms with Crippen molar-refractivity contribution in [2.45, 2.75) is 26.1 Å². The molecule has 0 heterocycles. The van der Waals surface area contributed by atoms with Crippen LogP contribution in [0.3, 0.4) is 0 Å². The number of carbonyl (C=O) groups is 2. The molecule has 0 bridgehead atoms. The van der Waals surface area contributed by atoms with Crippen molar-refractivity contribution in [2.24, 2.45) is 0 Å². The SMILES string of the molecule is CCc1ccccc1OCC(=O)Nc1ccc(CNC(=O)C(F)(F)F)cc1. The van der Waals surface area contributed by atoms with Gasteiger partial charge in [0, 0.05) is 12.2 Å². The number of hydrogen-bond donors (Lipinski definition) is 2. The molecule has 5 nitrogen and oxygen atoms in total. The predicted octanol–water partition coefficient (Wildman–Crippen LogP) is 3.45. The van der Waals surface area contributed by atoms with Gasteiger partial charge in [-0.2, -0.15) is 13.2 Å². The highest BCUT2D eigenvalue weighted by atomic mass is 19.4. The number of halogens is 3. The van der Waals surface area contributed by atoms with E-state index >= 15 is 0 Å². The fourth-order valence-corrected chi connectivity index (χ4v) is 2.27. The minimum atomic E-state index is -4.91. The highest BCUT2D eigenvalue weighted by molar-refractivity contribution is 5.91. The lowest BCUT2D eigenvalue weighted by Crippen LogP contribution is -2.36. The van der Waals surface area contributed by atoms with Crippen LogP contribution in [0, 0.1) is 0 Å². The Labute approximate surface area is 154 Å². The molecule has 0 atom stereocenters. The monoisotopic (exact) mass is 380 g/mol. The zero-order valence-corrected chi connectivity index (χ0v) is 14.6. The molecule has 0 aliphatic carbocycles. The molecule has 2 amide bonds. The standard InChI is InChI=1S/C19H19F3N2O3/c1-2-14-5-3-4-6-16(14)27-12-17(25)24-15-9-7-13(8-10-15)11-23-18(26)19(20,21)22/h3-10H,2,11-12H2,1H3,(H,23,26)(H,24,25). The molecular weight excluding hydrogens is 361 g/mol. The molecule has 0 radical (unpaired) electrons. The van der Waals surface area contributed by atoms with E-state index in [0.717, 1.165) is 12.0 Å². The first-order valence-electron chi connectivity index (χ1n) is 8.24. The second-order valence-corrected chi connectivity index (χ2v) is 5.68. The van der Waals surface area contributed by atoms with Gasteiger partial charge >= 0.3 is 12.1 Å². The van der Waals surface area contributed by atoms with Gasteiger partial charge in [-0.05, 0) is 35.7 Å². The highest BCUT2D eigenvalue weighted by Crippen LogP contribution is 2.18. The van der Waals surface area contributed by atoms with Crippen molar-refractivity contribution in [3.63, 3.8) is 0 Å². The summed E-state index contributed by atoms with van der Waals surface area (Å²) in [7, 11) is 0. The van der Waals surface area contributed by atoms with Gasteiger partial charge in [0.15, 0.2) is 6.61 Å². The van der Waals surface area contributed by atoms with Gasteiger partial charge in [0.1, 0.15) is 5.75 Å². The van der Waals surface area contributed by atoms with Crippen molar-refractivity contribution in [1.29, 1.82) is 0 Å². The van der Waals surface area contributed by atoms with Crippen LogP contribution in [0.4, 0.5) is 18.9 Å². The van der Waals surface area contributed by atoms with Gasteiger partial charge in [-0.15, -0.1) is 0 Å². The second kappa shape index (κ2) is 9.07. The number of aryl methyl sites for hydroxylation is 1. The zero-order chi connectivity index (χ0) is 19.9. The number of benzene rings is 2. The summed E-state index contributed by atoms with van der Waals surface area (Å²) >= 11 is 0. The Morgan fingerprint density at radius 1 is 1.04 bits per heavy atom. The predicted molar refractivity (Wildman–Crippen MR) is 94.3 cm³/mol. The van der Waals surface area contributed by atoms with Crippen molar-refractivity contribution in [3.8, 4) is 5.75 Å². The van der Waals surface area contributed by atoms with Crippen molar-refractivity contribution in [1.82, 2.24) is 5.32 Å². The number of carbonyl (C=O) groups excluding carboxylic acids is 2. The maximum atomic E-state index is 12.1. The highest BCUT2D eigenvalue weighted by Gasteiger charge is 2.38. The van der Waals surface area contributed by atoms with Gasteiger partial charge in [-0.1, -0.05) is 37.3 Å². The van der Waals surface area contributed by atoms with E-state index < -0.39 is 12.1 Å². The van der Waals surface area contributed by atoms with E-state index in [2.05, 4.69) is 5.32 Å². The van der Waals surface area contributed by atoms with Crippen molar-refractivity contribution in [3.05, 3.63) is 59.7 Å². The Kier molecular flexibility index (Phi) is 6.81. The van der Waals surface area contributed by atoms with Crippen molar-refractivity contribution < 1.29 is 27.5 Å². The quantitative estimate of drug-likeness (QED) is 0.773. The number of nitrogens with one attached hydrogen (secondary N) is 2. The van der Waals surface area contributed by atoms with Gasteiger partial charge < -0.3 is 15.4 Å². The van der Waals surface area contributed by atoms with Gasteiger partial charge in [-0.25, -0.2) is 0 Å². The number of hydrogen-bond acceptors (Lipinski definition) is 3. The number of rotatable bonds is 7. The summed E-state index contributed by atoms with van der Waals surface area (Å²) in [6.45, 7) is 1.56. The smallest absolute Gasteiger partial charge is 0.471 e. The zero-order valence-electron chi connectivity index (χ0n) is 14.6. The largest absolute Gasteiger partial charge is 0.483 e. The molecule has 0 aromatic heterocycles. The summed E-state index contributed by atoms with van der Waals surface area (Å²) in [5.74, 6) is -1.71. The Morgan fingerprint density at radius 3 is 2.33 bits per heavy atom. The van der Waals surface area contributed by atoms with E-state index in [1.54, 1.807) is 11.4 Å². The molecule has 27 heavy (non-hydrogen) atoms. The summed E-state index contributed by atoms with van der Waals surface area (Å²) < 4.78 is 41.9. The molecule has 0 aliphatic heterocycles. The molecule has 2 rings (SSSR count). The van der Waals surface area contributed by atoms with Crippen LogP contribution in [-0.2, 0) is 22.6 Å². The summed E-state index contributed by atoms with van der Waals surface area (Å²) in [6, 6.07) is 13.5. The molecule has 0 aliphatic rings. The fourth-order valence-electron chi connectivity index (χ4n) is 2.27. The summed E-state index contributed by atoms with van der Waals surface area (Å²) in [5, 5.41) is 4.41. The van der Waals surface area contributed by atoms with E-state index in [-0.39, 0.29) is 19.1 Å². The molecule has 0 saturated carbocycles. The van der Waals surface area contributed by atoms with Crippen LogP contribution in [0.2, 0.25) is 0 Å². The maximum absolute atomic E-state index is 12.1. The fraction of sp³-hybridized carbons (Fsp3) is 0.263. The first kappa shape index (κ1) is 20.3. The molecule has 2 N–H and O–H groups in total. The van der Waals surface area contributed by atoms with E-state index in [4.69, 9.17) is 4.74 Å². The van der Waals surface area contributed by atoms with E-state index in [1.165, 1.54) is 24.3 Å².